The van der Waals surface area contributed by atoms with Crippen molar-refractivity contribution in [3.63, 3.8) is 0 Å². The number of aryl methyl sites for hydroxylation is 1. The molecule has 6 aromatic rings. The van der Waals surface area contributed by atoms with E-state index in [1.807, 2.05) is 28.8 Å². The van der Waals surface area contributed by atoms with Crippen molar-refractivity contribution < 1.29 is 38.5 Å². The Morgan fingerprint density at radius 1 is 1.00 bits per heavy atom. The zero-order valence-electron chi connectivity index (χ0n) is 34.9. The number of anilines is 2. The number of rotatable bonds is 20. The van der Waals surface area contributed by atoms with Gasteiger partial charge in [-0.1, -0.05) is 31.5 Å². The number of H-pyrrole nitrogens is 1. The standard InChI is InChI=1S/C42H48N12O9/c1-4-5-10-30-51-32-34(27-8-6-7-9-28(27)49-35(32)43)54(30)23-42(2,3)63-41(60)62-20-19-61-18-17-45-31(55)16-15-29(39(58)59)50-37(56)24-11-13-25(14-12-24)46-21-26-22-47-36-33(48-26)38(57)53-40(44)52-36/h6-9,11-14,21-22,29H,4-5,10,15-20,23H2,1-3H3,(H2,43,49)(H,45,55)(H,50,56)(H,58,59)(H3,44,47,52,53,57). The van der Waals surface area contributed by atoms with Crippen LogP contribution >= 0.6 is 0 Å². The lowest BCUT2D eigenvalue weighted by atomic mass is 10.1. The average molecular weight is 865 g/mol. The van der Waals surface area contributed by atoms with Crippen LogP contribution in [0.2, 0.25) is 0 Å². The monoisotopic (exact) mass is 864 g/mol. The molecule has 6 rings (SSSR count). The quantitative estimate of drug-likeness (QED) is 0.0363. The van der Waals surface area contributed by atoms with Crippen molar-refractivity contribution >= 4 is 80.7 Å². The Morgan fingerprint density at radius 3 is 2.54 bits per heavy atom. The second-order valence-electron chi connectivity index (χ2n) is 15.0. The van der Waals surface area contributed by atoms with Gasteiger partial charge in [-0.05, 0) is 57.0 Å². The van der Waals surface area contributed by atoms with E-state index in [1.54, 1.807) is 13.8 Å². The number of nitrogens with zero attached hydrogens (tertiary/aromatic N) is 7. The fraction of sp³-hybridized carbons (Fsp3) is 0.357. The fourth-order valence-electron chi connectivity index (χ4n) is 6.53. The molecule has 1 unspecified atom stereocenters. The van der Waals surface area contributed by atoms with Gasteiger partial charge in [0.25, 0.3) is 11.5 Å². The Labute approximate surface area is 359 Å². The number of unbranched alkanes of at least 4 members (excludes halogenated alkanes) is 1. The number of nitrogen functional groups attached to an aromatic ring is 2. The van der Waals surface area contributed by atoms with Crippen LogP contribution in [0.15, 0.2) is 64.5 Å². The number of aliphatic carboxylic acids is 1. The number of pyridine rings is 1. The summed E-state index contributed by atoms with van der Waals surface area (Å²) in [6, 6.07) is 12.3. The number of carboxylic acids is 1. The van der Waals surface area contributed by atoms with Crippen molar-refractivity contribution in [3.8, 4) is 0 Å². The van der Waals surface area contributed by atoms with E-state index < -0.39 is 41.1 Å². The van der Waals surface area contributed by atoms with E-state index in [-0.39, 0.29) is 67.6 Å². The smallest absolute Gasteiger partial charge is 0.480 e. The molecule has 1 atom stereocenters. The molecule has 0 saturated carbocycles. The molecule has 8 N–H and O–H groups in total. The maximum atomic E-state index is 12.8. The summed E-state index contributed by atoms with van der Waals surface area (Å²) in [7, 11) is 0. The van der Waals surface area contributed by atoms with Crippen molar-refractivity contribution in [2.45, 2.75) is 71.1 Å². The summed E-state index contributed by atoms with van der Waals surface area (Å²) >= 11 is 0. The molecule has 0 spiro atoms. The number of carbonyl (C=O) groups is 4. The summed E-state index contributed by atoms with van der Waals surface area (Å²) < 4.78 is 18.5. The molecular formula is C42H48N12O9. The van der Waals surface area contributed by atoms with Gasteiger partial charge in [0.15, 0.2) is 17.0 Å². The highest BCUT2D eigenvalue weighted by Crippen LogP contribution is 2.31. The number of hydrogen-bond acceptors (Lipinski definition) is 16. The van der Waals surface area contributed by atoms with Gasteiger partial charge in [0, 0.05) is 30.3 Å². The molecule has 0 aliphatic heterocycles. The van der Waals surface area contributed by atoms with Crippen molar-refractivity contribution in [1.82, 2.24) is 45.1 Å². The summed E-state index contributed by atoms with van der Waals surface area (Å²) in [4.78, 5) is 90.1. The van der Waals surface area contributed by atoms with Gasteiger partial charge in [-0.15, -0.1) is 0 Å². The lowest BCUT2D eigenvalue weighted by Crippen LogP contribution is -2.41. The molecule has 4 aromatic heterocycles. The number of hydrogen-bond donors (Lipinski definition) is 6. The molecule has 0 aliphatic rings. The number of carbonyl (C=O) groups excluding carboxylic acids is 3. The molecule has 0 aliphatic carbocycles. The van der Waals surface area contributed by atoms with Crippen molar-refractivity contribution in [1.29, 1.82) is 0 Å². The van der Waals surface area contributed by atoms with Crippen LogP contribution in [0.25, 0.3) is 33.1 Å². The molecule has 2 amide bonds. The van der Waals surface area contributed by atoms with E-state index in [0.29, 0.717) is 30.0 Å². The molecule has 0 bridgehead atoms. The number of imidazole rings is 1. The van der Waals surface area contributed by atoms with Gasteiger partial charge in [0.05, 0.1) is 48.9 Å². The number of para-hydroxylation sites is 1. The maximum Gasteiger partial charge on any atom is 0.508 e. The van der Waals surface area contributed by atoms with Gasteiger partial charge >= 0.3 is 12.1 Å². The number of nitrogens with two attached hydrogens (primary N) is 2. The Morgan fingerprint density at radius 2 is 1.78 bits per heavy atom. The number of aromatic amines is 1. The summed E-state index contributed by atoms with van der Waals surface area (Å²) in [5, 5.41) is 15.7. The Bertz CT molecular complexity index is 2720. The molecule has 330 valence electrons. The Balaban J connectivity index is 0.888. The summed E-state index contributed by atoms with van der Waals surface area (Å²) in [5.41, 5.74) is 13.4. The summed E-state index contributed by atoms with van der Waals surface area (Å²) in [5.74, 6) is -1.34. The van der Waals surface area contributed by atoms with Crippen LogP contribution in [0, 0.1) is 0 Å². The van der Waals surface area contributed by atoms with E-state index in [2.05, 4.69) is 47.5 Å². The first kappa shape index (κ1) is 45.0. The predicted octanol–water partition coefficient (Wildman–Crippen LogP) is 3.60. The van der Waals surface area contributed by atoms with Gasteiger partial charge in [-0.2, -0.15) is 4.98 Å². The summed E-state index contributed by atoms with van der Waals surface area (Å²) in [6.07, 6.45) is 4.12. The van der Waals surface area contributed by atoms with Crippen molar-refractivity contribution in [2.75, 3.05) is 37.8 Å². The van der Waals surface area contributed by atoms with E-state index in [0.717, 1.165) is 35.1 Å². The number of aliphatic imine (C=N–C) groups is 1. The third kappa shape index (κ3) is 11.8. The molecule has 2 aromatic carbocycles. The molecule has 63 heavy (non-hydrogen) atoms. The molecule has 0 radical (unpaired) electrons. The average Bonchev–Trinajstić information content (AvgIpc) is 3.60. The highest BCUT2D eigenvalue weighted by molar-refractivity contribution is 6.06. The Hall–Kier alpha value is -7.55. The first-order chi connectivity index (χ1) is 30.2. The molecule has 21 nitrogen and oxygen atoms in total. The number of ether oxygens (including phenoxy) is 3. The van der Waals surface area contributed by atoms with E-state index in [4.69, 9.17) is 30.7 Å². The van der Waals surface area contributed by atoms with Crippen LogP contribution in [0.5, 0.6) is 0 Å². The van der Waals surface area contributed by atoms with Crippen molar-refractivity contribution in [2.24, 2.45) is 4.99 Å². The van der Waals surface area contributed by atoms with E-state index in [1.165, 1.54) is 36.7 Å². The van der Waals surface area contributed by atoms with Gasteiger partial charge < -0.3 is 46.0 Å². The van der Waals surface area contributed by atoms with Gasteiger partial charge in [-0.3, -0.25) is 24.4 Å². The van der Waals surface area contributed by atoms with Crippen LogP contribution in [0.3, 0.4) is 0 Å². The van der Waals surface area contributed by atoms with Gasteiger partial charge in [-0.25, -0.2) is 29.5 Å². The SMILES string of the molecule is CCCCc1nc2c(N)nc3ccccc3c2n1CC(C)(C)OC(=O)OCCOCCNC(=O)CCC(NC(=O)c1ccc(N=Cc2cnc3nc(N)[nH]c(=O)c3n2)cc1)C(=O)O. The molecule has 0 fully saturated rings. The van der Waals surface area contributed by atoms with Gasteiger partial charge in [0.2, 0.25) is 11.9 Å². The number of fused-ring (bicyclic) bond motifs is 4. The van der Waals surface area contributed by atoms with E-state index in [9.17, 15) is 29.1 Å². The molecule has 0 saturated heterocycles. The first-order valence-corrected chi connectivity index (χ1v) is 20.1. The maximum absolute atomic E-state index is 12.8. The minimum absolute atomic E-state index is 0.00724. The fourth-order valence-corrected chi connectivity index (χ4v) is 6.53. The molecular weight excluding hydrogens is 817 g/mol. The largest absolute Gasteiger partial charge is 0.508 e. The zero-order valence-corrected chi connectivity index (χ0v) is 34.9. The molecule has 4 heterocycles. The number of aromatic nitrogens is 7. The van der Waals surface area contributed by atoms with Crippen molar-refractivity contribution in [3.05, 3.63) is 82.2 Å². The molecule has 21 heteroatoms. The number of carboxylic acid groups (broad SMARTS) is 1. The Kier molecular flexibility index (Phi) is 14.5. The first-order valence-electron chi connectivity index (χ1n) is 20.1. The van der Waals surface area contributed by atoms with Crippen LogP contribution < -0.4 is 27.7 Å². The zero-order chi connectivity index (χ0) is 45.1. The third-order valence-corrected chi connectivity index (χ3v) is 9.55. The predicted molar refractivity (Wildman–Crippen MR) is 233 cm³/mol. The number of nitrogens with one attached hydrogen (secondary N) is 3. The van der Waals surface area contributed by atoms with E-state index >= 15 is 0 Å². The highest BCUT2D eigenvalue weighted by Gasteiger charge is 2.28. The summed E-state index contributed by atoms with van der Waals surface area (Å²) in [6.45, 7) is 6.10. The normalized spacial score (nSPS) is 12.2. The minimum atomic E-state index is -1.34. The van der Waals surface area contributed by atoms with Crippen LogP contribution in [-0.4, -0.2) is 108 Å². The second kappa shape index (κ2) is 20.3. The topological polar surface area (TPSA) is 307 Å². The minimum Gasteiger partial charge on any atom is -0.480 e. The number of benzene rings is 2. The lowest BCUT2D eigenvalue weighted by molar-refractivity contribution is -0.139. The third-order valence-electron chi connectivity index (χ3n) is 9.55. The highest BCUT2D eigenvalue weighted by atomic mass is 16.7. The van der Waals surface area contributed by atoms with Crippen LogP contribution in [-0.2, 0) is 36.8 Å². The lowest BCUT2D eigenvalue weighted by Gasteiger charge is -2.26. The van der Waals surface area contributed by atoms with Gasteiger partial charge in [0.1, 0.15) is 35.3 Å². The number of amides is 2. The second-order valence-corrected chi connectivity index (χ2v) is 15.0. The van der Waals surface area contributed by atoms with Crippen LogP contribution in [0.4, 0.5) is 22.2 Å². The van der Waals surface area contributed by atoms with Crippen LogP contribution in [0.1, 0.15) is 68.3 Å².